The van der Waals surface area contributed by atoms with E-state index in [4.69, 9.17) is 4.74 Å². The summed E-state index contributed by atoms with van der Waals surface area (Å²) in [6.07, 6.45) is 0. The topological polar surface area (TPSA) is 50.6 Å². The first kappa shape index (κ1) is 19.0. The molecule has 0 radical (unpaired) electrons. The molecule has 29 heavy (non-hydrogen) atoms. The van der Waals surface area contributed by atoms with Crippen LogP contribution in [0.3, 0.4) is 0 Å². The maximum atomic E-state index is 14.4. The van der Waals surface area contributed by atoms with E-state index in [-0.39, 0.29) is 11.7 Å². The fraction of sp³-hybridized carbons (Fsp3) is 0.273. The van der Waals surface area contributed by atoms with E-state index in [2.05, 4.69) is 10.00 Å². The third kappa shape index (κ3) is 3.68. The van der Waals surface area contributed by atoms with Crippen molar-refractivity contribution in [1.82, 2.24) is 9.78 Å². The van der Waals surface area contributed by atoms with Crippen molar-refractivity contribution >= 4 is 17.3 Å². The summed E-state index contributed by atoms with van der Waals surface area (Å²) in [5.74, 6) is 0.185. The minimum absolute atomic E-state index is 0.232. The number of rotatable bonds is 5. The number of halogens is 1. The van der Waals surface area contributed by atoms with Gasteiger partial charge in [-0.25, -0.2) is 4.39 Å². The van der Waals surface area contributed by atoms with Crippen molar-refractivity contribution in [1.29, 1.82) is 0 Å². The molecule has 1 amide bonds. The van der Waals surface area contributed by atoms with Crippen LogP contribution in [0.4, 0.5) is 15.8 Å². The molecule has 0 fully saturated rings. The third-order valence-electron chi connectivity index (χ3n) is 5.14. The molecule has 0 unspecified atom stereocenters. The summed E-state index contributed by atoms with van der Waals surface area (Å²) in [4.78, 5) is 16.5. The monoisotopic (exact) mass is 394 g/mol. The van der Waals surface area contributed by atoms with E-state index in [0.29, 0.717) is 31.0 Å². The zero-order valence-corrected chi connectivity index (χ0v) is 16.7. The van der Waals surface area contributed by atoms with E-state index in [0.717, 1.165) is 22.7 Å². The Labute approximate surface area is 169 Å². The molecule has 0 aliphatic carbocycles. The molecule has 1 aromatic heterocycles. The number of methoxy groups -OCH3 is 1. The summed E-state index contributed by atoms with van der Waals surface area (Å²) in [6, 6.07) is 14.5. The van der Waals surface area contributed by atoms with Gasteiger partial charge in [-0.05, 0) is 55.0 Å². The minimum Gasteiger partial charge on any atom is -0.497 e. The van der Waals surface area contributed by atoms with Crippen molar-refractivity contribution in [2.75, 3.05) is 30.5 Å². The molecule has 7 heteroatoms. The van der Waals surface area contributed by atoms with Crippen LogP contribution in [-0.4, -0.2) is 36.4 Å². The lowest BCUT2D eigenvalue weighted by Gasteiger charge is -2.27. The number of hydrogen-bond acceptors (Lipinski definition) is 4. The van der Waals surface area contributed by atoms with Crippen LogP contribution in [0, 0.1) is 12.7 Å². The van der Waals surface area contributed by atoms with Gasteiger partial charge in [0.2, 0.25) is 0 Å². The number of amides is 1. The van der Waals surface area contributed by atoms with Gasteiger partial charge < -0.3 is 14.5 Å². The Morgan fingerprint density at radius 2 is 1.90 bits per heavy atom. The van der Waals surface area contributed by atoms with Crippen LogP contribution in [0.1, 0.15) is 21.7 Å². The van der Waals surface area contributed by atoms with Crippen LogP contribution in [0.25, 0.3) is 0 Å². The second kappa shape index (κ2) is 7.58. The van der Waals surface area contributed by atoms with Crippen LogP contribution in [0.15, 0.2) is 48.5 Å². The lowest BCUT2D eigenvalue weighted by Crippen LogP contribution is -2.40. The van der Waals surface area contributed by atoms with Gasteiger partial charge in [-0.1, -0.05) is 6.07 Å². The van der Waals surface area contributed by atoms with Crippen LogP contribution < -0.4 is 14.5 Å². The summed E-state index contributed by atoms with van der Waals surface area (Å²) in [5, 5.41) is 4.57. The normalized spacial score (nSPS) is 13.4. The van der Waals surface area contributed by atoms with Crippen LogP contribution in [0.5, 0.6) is 5.75 Å². The zero-order chi connectivity index (χ0) is 20.5. The van der Waals surface area contributed by atoms with Gasteiger partial charge >= 0.3 is 0 Å². The average Bonchev–Trinajstić information content (AvgIpc) is 3.12. The Balaban J connectivity index is 1.53. The first-order valence-corrected chi connectivity index (χ1v) is 9.46. The lowest BCUT2D eigenvalue weighted by molar-refractivity contribution is 0.0961. The second-order valence-electron chi connectivity index (χ2n) is 7.21. The summed E-state index contributed by atoms with van der Waals surface area (Å²) in [6.45, 7) is 3.30. The van der Waals surface area contributed by atoms with Gasteiger partial charge in [0.1, 0.15) is 17.3 Å². The van der Waals surface area contributed by atoms with Crippen molar-refractivity contribution in [2.45, 2.75) is 20.0 Å². The van der Waals surface area contributed by atoms with E-state index in [1.165, 1.54) is 11.0 Å². The molecule has 0 N–H and O–H groups in total. The number of ether oxygens (including phenoxy) is 1. The molecule has 6 nitrogen and oxygen atoms in total. The number of aryl methyl sites for hydroxylation is 1. The zero-order valence-electron chi connectivity index (χ0n) is 16.7. The van der Waals surface area contributed by atoms with E-state index in [1.807, 2.05) is 44.3 Å². The molecule has 3 aromatic rings. The molecule has 0 saturated carbocycles. The number of anilines is 2. The molecule has 0 atom stereocenters. The standard InChI is InChI=1S/C22H23FN4O2/c1-15-4-9-20(19(23)12-15)26-10-11-27-21(22(26)28)13-16(24-27)14-25(2)17-5-7-18(29-3)8-6-17/h4-9,12-13H,10-11,14H2,1-3H3. The second-order valence-corrected chi connectivity index (χ2v) is 7.21. The SMILES string of the molecule is COc1ccc(N(C)Cc2cc3n(n2)CCN(c2ccc(C)cc2F)C3=O)cc1. The molecule has 0 bridgehead atoms. The van der Waals surface area contributed by atoms with Gasteiger partial charge in [0.05, 0.1) is 31.6 Å². The highest BCUT2D eigenvalue weighted by Gasteiger charge is 2.29. The summed E-state index contributed by atoms with van der Waals surface area (Å²) >= 11 is 0. The van der Waals surface area contributed by atoms with Gasteiger partial charge in [-0.15, -0.1) is 0 Å². The highest BCUT2D eigenvalue weighted by molar-refractivity contribution is 6.05. The average molecular weight is 394 g/mol. The van der Waals surface area contributed by atoms with Gasteiger partial charge in [-0.2, -0.15) is 5.10 Å². The fourth-order valence-corrected chi connectivity index (χ4v) is 3.56. The number of carbonyl (C=O) groups excluding carboxylic acids is 1. The molecule has 2 heterocycles. The smallest absolute Gasteiger partial charge is 0.276 e. The predicted octanol–water partition coefficient (Wildman–Crippen LogP) is 3.64. The first-order chi connectivity index (χ1) is 14.0. The number of aromatic nitrogens is 2. The summed E-state index contributed by atoms with van der Waals surface area (Å²) in [7, 11) is 3.60. The molecule has 4 rings (SSSR count). The van der Waals surface area contributed by atoms with Crippen molar-refractivity contribution in [2.24, 2.45) is 0 Å². The maximum absolute atomic E-state index is 14.4. The van der Waals surface area contributed by atoms with Crippen molar-refractivity contribution in [3.63, 3.8) is 0 Å². The van der Waals surface area contributed by atoms with Crippen LogP contribution >= 0.6 is 0 Å². The molecular weight excluding hydrogens is 371 g/mol. The molecule has 0 saturated heterocycles. The summed E-state index contributed by atoms with van der Waals surface area (Å²) in [5.41, 5.74) is 3.42. The van der Waals surface area contributed by atoms with Crippen LogP contribution in [0.2, 0.25) is 0 Å². The Morgan fingerprint density at radius 3 is 2.59 bits per heavy atom. The number of nitrogens with zero attached hydrogens (tertiary/aromatic N) is 4. The van der Waals surface area contributed by atoms with Crippen molar-refractivity contribution in [3.05, 3.63) is 71.3 Å². The van der Waals surface area contributed by atoms with Crippen molar-refractivity contribution in [3.8, 4) is 5.75 Å². The molecule has 0 spiro atoms. The fourth-order valence-electron chi connectivity index (χ4n) is 3.56. The van der Waals surface area contributed by atoms with E-state index < -0.39 is 0 Å². The van der Waals surface area contributed by atoms with Gasteiger partial charge in [0.25, 0.3) is 5.91 Å². The highest BCUT2D eigenvalue weighted by atomic mass is 19.1. The predicted molar refractivity (Wildman–Crippen MR) is 110 cm³/mol. The molecule has 2 aromatic carbocycles. The highest BCUT2D eigenvalue weighted by Crippen LogP contribution is 2.26. The number of carbonyl (C=O) groups is 1. The van der Waals surface area contributed by atoms with E-state index >= 15 is 0 Å². The van der Waals surface area contributed by atoms with Crippen molar-refractivity contribution < 1.29 is 13.9 Å². The molecule has 1 aliphatic heterocycles. The minimum atomic E-state index is -0.384. The van der Waals surface area contributed by atoms with E-state index in [9.17, 15) is 9.18 Å². The third-order valence-corrected chi connectivity index (χ3v) is 5.14. The number of fused-ring (bicyclic) bond motifs is 1. The summed E-state index contributed by atoms with van der Waals surface area (Å²) < 4.78 is 21.3. The maximum Gasteiger partial charge on any atom is 0.276 e. The Kier molecular flexibility index (Phi) is 4.96. The first-order valence-electron chi connectivity index (χ1n) is 9.46. The molecular formula is C22H23FN4O2. The molecule has 1 aliphatic rings. The molecule has 150 valence electrons. The largest absolute Gasteiger partial charge is 0.497 e. The van der Waals surface area contributed by atoms with Crippen LogP contribution in [-0.2, 0) is 13.1 Å². The Morgan fingerprint density at radius 1 is 1.14 bits per heavy atom. The quantitative estimate of drug-likeness (QED) is 0.663. The number of benzene rings is 2. The van der Waals surface area contributed by atoms with E-state index in [1.54, 1.807) is 23.9 Å². The van der Waals surface area contributed by atoms with Gasteiger partial charge in [0, 0.05) is 19.3 Å². The Bertz CT molecular complexity index is 1050. The number of hydrogen-bond donors (Lipinski definition) is 0. The lowest BCUT2D eigenvalue weighted by atomic mass is 10.1. The van der Waals surface area contributed by atoms with Gasteiger partial charge in [0.15, 0.2) is 0 Å². The Hall–Kier alpha value is -3.35. The van der Waals surface area contributed by atoms with Gasteiger partial charge in [-0.3, -0.25) is 9.48 Å².